The molecular weight excluding hydrogens is 685 g/mol. The number of rotatable bonds is 41. The number of likely N-dealkylation sites (N-methyl/N-ethyl adjacent to an activating group) is 1. The molecule has 0 radical (unpaired) electrons. The van der Waals surface area contributed by atoms with E-state index in [4.69, 9.17) is 18.5 Å². The average molecular weight is 773 g/mol. The van der Waals surface area contributed by atoms with Crippen LogP contribution in [0.2, 0.25) is 0 Å². The fourth-order valence-corrected chi connectivity index (χ4v) is 6.77. The topological polar surface area (TPSA) is 91.3 Å². The summed E-state index contributed by atoms with van der Waals surface area (Å²) in [7, 11) is 1.71. The molecule has 1 unspecified atom stereocenters. The Morgan fingerprint density at radius 3 is 1.57 bits per heavy atom. The number of allylic oxidation sites excluding steroid dienone is 4. The molecule has 0 aliphatic heterocycles. The smallest absolute Gasteiger partial charge is 0.463 e. The van der Waals surface area contributed by atoms with Crippen LogP contribution in [0, 0.1) is 0 Å². The van der Waals surface area contributed by atoms with Crippen LogP contribution in [-0.4, -0.2) is 75.6 Å². The van der Waals surface area contributed by atoms with Crippen molar-refractivity contribution in [2.45, 2.75) is 200 Å². The Morgan fingerprint density at radius 2 is 1.04 bits per heavy atom. The first-order valence-corrected chi connectivity index (χ1v) is 23.6. The number of ether oxygens (including phenoxy) is 2. The van der Waals surface area contributed by atoms with Crippen molar-refractivity contribution in [3.63, 3.8) is 0 Å². The average Bonchev–Trinajstić information content (AvgIpc) is 3.11. The highest BCUT2D eigenvalue weighted by Crippen LogP contribution is 2.43. The molecule has 0 saturated heterocycles. The van der Waals surface area contributed by atoms with Crippen molar-refractivity contribution < 1.29 is 37.3 Å². The Morgan fingerprint density at radius 1 is 0.585 bits per heavy atom. The third kappa shape index (κ3) is 42.0. The van der Waals surface area contributed by atoms with E-state index in [1.807, 2.05) is 21.1 Å². The van der Waals surface area contributed by atoms with E-state index in [0.717, 1.165) is 51.4 Å². The lowest BCUT2D eigenvalue weighted by molar-refractivity contribution is -0.870. The van der Waals surface area contributed by atoms with Gasteiger partial charge in [-0.15, -0.1) is 0 Å². The lowest BCUT2D eigenvalue weighted by Crippen LogP contribution is -2.37. The van der Waals surface area contributed by atoms with E-state index in [1.165, 1.54) is 122 Å². The zero-order valence-electron chi connectivity index (χ0n) is 35.5. The second-order valence-corrected chi connectivity index (χ2v) is 17.5. The number of unbranched alkanes of at least 4 members (excludes halogenated alkanes) is 23. The van der Waals surface area contributed by atoms with Gasteiger partial charge in [0.1, 0.15) is 25.9 Å². The Bertz CT molecular complexity index is 905. The molecule has 0 bridgehead atoms. The van der Waals surface area contributed by atoms with Gasteiger partial charge in [-0.3, -0.25) is 13.8 Å². The van der Waals surface area contributed by atoms with E-state index >= 15 is 0 Å². The third-order valence-corrected chi connectivity index (χ3v) is 10.5. The number of phosphoric acid groups is 1. The molecular formula is C44H87NO7P+. The molecule has 0 rings (SSSR count). The van der Waals surface area contributed by atoms with Crippen LogP contribution in [0.1, 0.15) is 194 Å². The number of nitrogens with zero attached hydrogens (tertiary/aromatic N) is 1. The number of hydrogen-bond acceptors (Lipinski definition) is 6. The molecule has 0 saturated carbocycles. The van der Waals surface area contributed by atoms with Crippen molar-refractivity contribution in [2.24, 2.45) is 0 Å². The Labute approximate surface area is 328 Å². The summed E-state index contributed by atoms with van der Waals surface area (Å²) in [6.45, 7) is 5.49. The standard InChI is InChI=1S/C44H86NO7P/c1-6-8-10-12-14-16-18-20-22-24-26-28-30-32-34-36-39-49-43(42-52-53(47,48)51-40-38-45(3,4)5)41-50-44(46)37-35-33-31-29-27-25-23-21-19-17-15-13-11-9-7-2/h14,16,20,22,43H,6-13,15,17-19,21,23-42H2,1-5H3/p+1/t43-/m1/s1. The van der Waals surface area contributed by atoms with Crippen LogP contribution in [0.3, 0.4) is 0 Å². The molecule has 0 aromatic carbocycles. The van der Waals surface area contributed by atoms with E-state index in [9.17, 15) is 14.3 Å². The number of quaternary nitrogens is 1. The molecule has 0 aliphatic carbocycles. The normalized spacial score (nSPS) is 14.0. The Hall–Kier alpha value is -1.02. The molecule has 9 heteroatoms. The first-order chi connectivity index (χ1) is 25.6. The van der Waals surface area contributed by atoms with E-state index in [-0.39, 0.29) is 25.8 Å². The minimum atomic E-state index is -4.24. The lowest BCUT2D eigenvalue weighted by Gasteiger charge is -2.24. The second-order valence-electron chi connectivity index (χ2n) is 16.1. The monoisotopic (exact) mass is 773 g/mol. The van der Waals surface area contributed by atoms with Gasteiger partial charge in [0.05, 0.1) is 27.7 Å². The van der Waals surface area contributed by atoms with Crippen LogP contribution < -0.4 is 0 Å². The predicted molar refractivity (Wildman–Crippen MR) is 224 cm³/mol. The van der Waals surface area contributed by atoms with E-state index in [2.05, 4.69) is 38.2 Å². The molecule has 0 amide bonds. The molecule has 0 heterocycles. The lowest BCUT2D eigenvalue weighted by atomic mass is 10.0. The number of hydrogen-bond donors (Lipinski definition) is 1. The van der Waals surface area contributed by atoms with Crippen molar-refractivity contribution >= 4 is 13.8 Å². The summed E-state index contributed by atoms with van der Waals surface area (Å²) in [6, 6.07) is 0. The van der Waals surface area contributed by atoms with Gasteiger partial charge in [-0.2, -0.15) is 0 Å². The van der Waals surface area contributed by atoms with Gasteiger partial charge < -0.3 is 18.9 Å². The molecule has 0 fully saturated rings. The van der Waals surface area contributed by atoms with Crippen molar-refractivity contribution in [3.8, 4) is 0 Å². The SMILES string of the molecule is CCCCCC=CCC=CCCCCCCCCO[C@H](COC(=O)CCCCCCCCCCCCCCCCC)COP(=O)(O)OCC[N+](C)(C)C. The van der Waals surface area contributed by atoms with Gasteiger partial charge in [-0.25, -0.2) is 4.57 Å². The number of carbonyl (C=O) groups is 1. The fourth-order valence-electron chi connectivity index (χ4n) is 6.03. The summed E-state index contributed by atoms with van der Waals surface area (Å²) in [4.78, 5) is 22.7. The summed E-state index contributed by atoms with van der Waals surface area (Å²) in [5.74, 6) is -0.256. The summed E-state index contributed by atoms with van der Waals surface area (Å²) in [5, 5.41) is 0. The van der Waals surface area contributed by atoms with E-state index < -0.39 is 13.9 Å². The molecule has 0 aromatic rings. The van der Waals surface area contributed by atoms with Crippen molar-refractivity contribution in [2.75, 3.05) is 54.1 Å². The van der Waals surface area contributed by atoms with Gasteiger partial charge in [0.15, 0.2) is 0 Å². The maximum atomic E-state index is 12.5. The van der Waals surface area contributed by atoms with E-state index in [0.29, 0.717) is 24.1 Å². The van der Waals surface area contributed by atoms with Crippen LogP contribution >= 0.6 is 7.82 Å². The van der Waals surface area contributed by atoms with Crippen molar-refractivity contribution in [1.29, 1.82) is 0 Å². The molecule has 0 spiro atoms. The molecule has 314 valence electrons. The predicted octanol–water partition coefficient (Wildman–Crippen LogP) is 12.8. The highest BCUT2D eigenvalue weighted by Gasteiger charge is 2.25. The molecule has 8 nitrogen and oxygen atoms in total. The summed E-state index contributed by atoms with van der Waals surface area (Å²) < 4.78 is 35.0. The zero-order chi connectivity index (χ0) is 39.1. The Balaban J connectivity index is 4.23. The number of carbonyl (C=O) groups excluding carboxylic acids is 1. The maximum absolute atomic E-state index is 12.5. The molecule has 0 aromatic heterocycles. The fraction of sp³-hybridized carbons (Fsp3) is 0.886. The van der Waals surface area contributed by atoms with Crippen LogP contribution in [0.25, 0.3) is 0 Å². The van der Waals surface area contributed by atoms with Crippen LogP contribution in [0.4, 0.5) is 0 Å². The highest BCUT2D eigenvalue weighted by molar-refractivity contribution is 7.47. The second kappa shape index (κ2) is 37.9. The van der Waals surface area contributed by atoms with Crippen molar-refractivity contribution in [1.82, 2.24) is 0 Å². The minimum Gasteiger partial charge on any atom is -0.463 e. The van der Waals surface area contributed by atoms with Crippen LogP contribution in [0.5, 0.6) is 0 Å². The molecule has 53 heavy (non-hydrogen) atoms. The quantitative estimate of drug-likeness (QED) is 0.0217. The maximum Gasteiger partial charge on any atom is 0.472 e. The largest absolute Gasteiger partial charge is 0.472 e. The van der Waals surface area contributed by atoms with E-state index in [1.54, 1.807) is 0 Å². The van der Waals surface area contributed by atoms with Gasteiger partial charge in [0.2, 0.25) is 0 Å². The zero-order valence-corrected chi connectivity index (χ0v) is 36.4. The molecule has 2 atom stereocenters. The van der Waals surface area contributed by atoms with Crippen LogP contribution in [0.15, 0.2) is 24.3 Å². The first kappa shape index (κ1) is 52.0. The summed E-state index contributed by atoms with van der Waals surface area (Å²) >= 11 is 0. The summed E-state index contributed by atoms with van der Waals surface area (Å²) in [5.41, 5.74) is 0. The third-order valence-electron chi connectivity index (χ3n) is 9.55. The van der Waals surface area contributed by atoms with Crippen molar-refractivity contribution in [3.05, 3.63) is 24.3 Å². The van der Waals surface area contributed by atoms with Gasteiger partial charge in [-0.05, 0) is 44.9 Å². The molecule has 0 aliphatic rings. The number of esters is 1. The summed E-state index contributed by atoms with van der Waals surface area (Å²) in [6.07, 6.45) is 42.1. The van der Waals surface area contributed by atoms with Crippen LogP contribution in [-0.2, 0) is 27.9 Å². The Kier molecular flexibility index (Phi) is 37.2. The van der Waals surface area contributed by atoms with Gasteiger partial charge in [0, 0.05) is 13.0 Å². The van der Waals surface area contributed by atoms with Gasteiger partial charge >= 0.3 is 13.8 Å². The highest BCUT2D eigenvalue weighted by atomic mass is 31.2. The van der Waals surface area contributed by atoms with Gasteiger partial charge in [-0.1, -0.05) is 167 Å². The van der Waals surface area contributed by atoms with Gasteiger partial charge in [0.25, 0.3) is 0 Å². The minimum absolute atomic E-state index is 0.00137. The number of phosphoric ester groups is 1. The first-order valence-electron chi connectivity index (χ1n) is 22.1. The molecule has 1 N–H and O–H groups in total.